The molecule has 0 spiro atoms. The SMILES string of the molecule is Clc1cccc(-c2cc3c4c(c2)[C@@H]2CNCC[C@@H]2N4CCS3)c1Cl. The quantitative estimate of drug-likeness (QED) is 0.750. The third kappa shape index (κ3) is 2.22. The number of hydrogen-bond acceptors (Lipinski definition) is 3. The van der Waals surface area contributed by atoms with E-state index in [9.17, 15) is 0 Å². The largest absolute Gasteiger partial charge is 0.366 e. The van der Waals surface area contributed by atoms with E-state index in [-0.39, 0.29) is 0 Å². The zero-order chi connectivity index (χ0) is 16.3. The number of nitrogens with zero attached hydrogens (tertiary/aromatic N) is 1. The molecule has 0 aromatic heterocycles. The van der Waals surface area contributed by atoms with Gasteiger partial charge in [0, 0.05) is 41.3 Å². The maximum Gasteiger partial charge on any atom is 0.0670 e. The van der Waals surface area contributed by atoms with Gasteiger partial charge in [0.25, 0.3) is 0 Å². The van der Waals surface area contributed by atoms with Crippen LogP contribution in [-0.4, -0.2) is 31.4 Å². The summed E-state index contributed by atoms with van der Waals surface area (Å²) in [6.07, 6.45) is 1.23. The van der Waals surface area contributed by atoms with E-state index in [0.29, 0.717) is 22.0 Å². The van der Waals surface area contributed by atoms with Crippen LogP contribution in [0.3, 0.4) is 0 Å². The molecule has 2 atom stereocenters. The Balaban J connectivity index is 1.70. The summed E-state index contributed by atoms with van der Waals surface area (Å²) in [5.41, 5.74) is 5.19. The average molecular weight is 377 g/mol. The van der Waals surface area contributed by atoms with Crippen LogP contribution in [0.5, 0.6) is 0 Å². The minimum absolute atomic E-state index is 0.587. The lowest BCUT2D eigenvalue weighted by atomic mass is 9.89. The number of thioether (sulfide) groups is 1. The highest BCUT2D eigenvalue weighted by molar-refractivity contribution is 7.99. The van der Waals surface area contributed by atoms with Crippen molar-refractivity contribution >= 4 is 40.7 Å². The molecule has 24 heavy (non-hydrogen) atoms. The predicted octanol–water partition coefficient (Wildman–Crippen LogP) is 5.03. The van der Waals surface area contributed by atoms with Crippen LogP contribution in [0.25, 0.3) is 11.1 Å². The number of halogens is 2. The summed E-state index contributed by atoms with van der Waals surface area (Å²) in [7, 11) is 0. The predicted molar refractivity (Wildman–Crippen MR) is 104 cm³/mol. The number of anilines is 1. The van der Waals surface area contributed by atoms with Crippen molar-refractivity contribution < 1.29 is 0 Å². The summed E-state index contributed by atoms with van der Waals surface area (Å²) in [5, 5.41) is 4.85. The Morgan fingerprint density at radius 3 is 3.04 bits per heavy atom. The van der Waals surface area contributed by atoms with E-state index in [1.54, 1.807) is 0 Å². The van der Waals surface area contributed by atoms with Gasteiger partial charge in [0.05, 0.1) is 15.7 Å². The number of hydrogen-bond donors (Lipinski definition) is 1. The van der Waals surface area contributed by atoms with Crippen LogP contribution in [0.4, 0.5) is 5.69 Å². The third-order valence-corrected chi connectivity index (χ3v) is 7.32. The van der Waals surface area contributed by atoms with Crippen molar-refractivity contribution in [3.63, 3.8) is 0 Å². The van der Waals surface area contributed by atoms with Gasteiger partial charge in [-0.3, -0.25) is 0 Å². The molecule has 3 aliphatic heterocycles. The molecule has 0 bridgehead atoms. The zero-order valence-corrected chi connectivity index (χ0v) is 15.5. The van der Waals surface area contributed by atoms with E-state index in [0.717, 1.165) is 24.4 Å². The Morgan fingerprint density at radius 1 is 1.21 bits per heavy atom. The Labute approximate surface area is 156 Å². The normalized spacial score (nSPS) is 24.7. The van der Waals surface area contributed by atoms with Crippen LogP contribution in [0.1, 0.15) is 17.9 Å². The van der Waals surface area contributed by atoms with Gasteiger partial charge in [0.1, 0.15) is 0 Å². The molecular weight excluding hydrogens is 359 g/mol. The molecule has 0 saturated carbocycles. The molecule has 0 aliphatic carbocycles. The summed E-state index contributed by atoms with van der Waals surface area (Å²) in [6, 6.07) is 11.2. The number of rotatable bonds is 1. The van der Waals surface area contributed by atoms with Crippen molar-refractivity contribution in [2.75, 3.05) is 30.3 Å². The van der Waals surface area contributed by atoms with Crippen LogP contribution in [0.15, 0.2) is 35.2 Å². The molecule has 2 nitrogen and oxygen atoms in total. The first-order valence-electron chi connectivity index (χ1n) is 8.46. The van der Waals surface area contributed by atoms with Gasteiger partial charge >= 0.3 is 0 Å². The molecule has 3 aliphatic rings. The Morgan fingerprint density at radius 2 is 2.12 bits per heavy atom. The van der Waals surface area contributed by atoms with Crippen LogP contribution in [0.2, 0.25) is 10.0 Å². The van der Waals surface area contributed by atoms with Gasteiger partial charge in [0.2, 0.25) is 0 Å². The first-order valence-corrected chi connectivity index (χ1v) is 10.2. The van der Waals surface area contributed by atoms with E-state index in [1.165, 1.54) is 34.7 Å². The maximum atomic E-state index is 6.49. The standard InChI is InChI=1S/C19H18Cl2N2S/c20-15-3-1-2-12(18(15)21)11-8-13-14-10-22-5-4-16(14)23-6-7-24-17(9-11)19(13)23/h1-3,8-9,14,16,22H,4-7,10H2/t14-,16-/m0/s1. The molecule has 5 heteroatoms. The van der Waals surface area contributed by atoms with Gasteiger partial charge in [-0.1, -0.05) is 35.3 Å². The van der Waals surface area contributed by atoms with E-state index < -0.39 is 0 Å². The van der Waals surface area contributed by atoms with Gasteiger partial charge in [-0.2, -0.15) is 0 Å². The van der Waals surface area contributed by atoms with Gasteiger partial charge in [-0.15, -0.1) is 11.8 Å². The smallest absolute Gasteiger partial charge is 0.0670 e. The van der Waals surface area contributed by atoms with Crippen molar-refractivity contribution in [1.29, 1.82) is 0 Å². The minimum atomic E-state index is 0.587. The molecule has 1 N–H and O–H groups in total. The number of piperidine rings is 1. The summed E-state index contributed by atoms with van der Waals surface area (Å²) in [5.74, 6) is 1.75. The molecule has 5 rings (SSSR count). The summed E-state index contributed by atoms with van der Waals surface area (Å²) in [6.45, 7) is 3.37. The zero-order valence-electron chi connectivity index (χ0n) is 13.2. The minimum Gasteiger partial charge on any atom is -0.366 e. The second kappa shape index (κ2) is 5.84. The Bertz CT molecular complexity index is 823. The number of nitrogens with one attached hydrogen (secondary N) is 1. The van der Waals surface area contributed by atoms with E-state index >= 15 is 0 Å². The van der Waals surface area contributed by atoms with Crippen LogP contribution < -0.4 is 10.2 Å². The third-order valence-electron chi connectivity index (χ3n) is 5.49. The van der Waals surface area contributed by atoms with Crippen LogP contribution in [0, 0.1) is 0 Å². The first kappa shape index (κ1) is 15.4. The van der Waals surface area contributed by atoms with Crippen molar-refractivity contribution in [2.45, 2.75) is 23.3 Å². The average Bonchev–Trinajstić information content (AvgIpc) is 2.94. The van der Waals surface area contributed by atoms with Crippen LogP contribution in [-0.2, 0) is 0 Å². The molecular formula is C19H18Cl2N2S. The summed E-state index contributed by atoms with van der Waals surface area (Å²) >= 11 is 14.7. The van der Waals surface area contributed by atoms with E-state index in [4.69, 9.17) is 23.2 Å². The molecule has 2 aromatic rings. The molecule has 124 valence electrons. The van der Waals surface area contributed by atoms with Gasteiger partial charge in [-0.25, -0.2) is 0 Å². The van der Waals surface area contributed by atoms with Crippen molar-refractivity contribution in [3.8, 4) is 11.1 Å². The van der Waals surface area contributed by atoms with Crippen molar-refractivity contribution in [1.82, 2.24) is 5.32 Å². The van der Waals surface area contributed by atoms with E-state index in [1.807, 2.05) is 23.9 Å². The molecule has 3 heterocycles. The Kier molecular flexibility index (Phi) is 3.75. The van der Waals surface area contributed by atoms with Gasteiger partial charge in [0.15, 0.2) is 0 Å². The highest BCUT2D eigenvalue weighted by Gasteiger charge is 2.42. The Hall–Kier alpha value is -0.870. The molecule has 0 radical (unpaired) electrons. The fourth-order valence-electron chi connectivity index (χ4n) is 4.44. The molecule has 2 aromatic carbocycles. The summed E-state index contributed by atoms with van der Waals surface area (Å²) in [4.78, 5) is 4.06. The fourth-order valence-corrected chi connectivity index (χ4v) is 5.94. The van der Waals surface area contributed by atoms with Gasteiger partial charge < -0.3 is 10.2 Å². The van der Waals surface area contributed by atoms with E-state index in [2.05, 4.69) is 28.4 Å². The molecule has 0 unspecified atom stereocenters. The highest BCUT2D eigenvalue weighted by Crippen LogP contribution is 2.52. The molecule has 1 fully saturated rings. The monoisotopic (exact) mass is 376 g/mol. The number of fused-ring (bicyclic) bond motifs is 3. The highest BCUT2D eigenvalue weighted by atomic mass is 35.5. The second-order valence-electron chi connectivity index (χ2n) is 6.72. The van der Waals surface area contributed by atoms with Crippen LogP contribution >= 0.6 is 35.0 Å². The van der Waals surface area contributed by atoms with Gasteiger partial charge in [-0.05, 0) is 42.3 Å². The lowest BCUT2D eigenvalue weighted by molar-refractivity contribution is 0.406. The maximum absolute atomic E-state index is 6.49. The topological polar surface area (TPSA) is 15.3 Å². The lowest BCUT2D eigenvalue weighted by Gasteiger charge is -2.36. The van der Waals surface area contributed by atoms with Crippen molar-refractivity contribution in [2.24, 2.45) is 0 Å². The number of benzene rings is 2. The summed E-state index contributed by atoms with van der Waals surface area (Å²) < 4.78 is 0. The fraction of sp³-hybridized carbons (Fsp3) is 0.368. The first-order chi connectivity index (χ1) is 11.7. The second-order valence-corrected chi connectivity index (χ2v) is 8.64. The lowest BCUT2D eigenvalue weighted by Crippen LogP contribution is -2.45. The molecule has 1 saturated heterocycles. The molecule has 0 amide bonds. The van der Waals surface area contributed by atoms with Crippen molar-refractivity contribution in [3.05, 3.63) is 45.9 Å².